The SMILES string of the molecule is O=C(O)c1cnc2ccc3cccc(F)c3n12. The fourth-order valence-electron chi connectivity index (χ4n) is 1.94. The monoisotopic (exact) mass is 230 g/mol. The van der Waals surface area contributed by atoms with E-state index in [1.807, 2.05) is 0 Å². The Hall–Kier alpha value is -2.43. The Morgan fingerprint density at radius 2 is 2.12 bits per heavy atom. The lowest BCUT2D eigenvalue weighted by Crippen LogP contribution is -2.03. The van der Waals surface area contributed by atoms with Crippen molar-refractivity contribution in [1.29, 1.82) is 0 Å². The first-order valence-corrected chi connectivity index (χ1v) is 4.96. The van der Waals surface area contributed by atoms with Crippen LogP contribution in [0, 0.1) is 5.82 Å². The van der Waals surface area contributed by atoms with Gasteiger partial charge in [0.2, 0.25) is 0 Å². The third kappa shape index (κ3) is 1.29. The van der Waals surface area contributed by atoms with Gasteiger partial charge in [-0.25, -0.2) is 14.2 Å². The lowest BCUT2D eigenvalue weighted by Gasteiger charge is -2.04. The van der Waals surface area contributed by atoms with Crippen LogP contribution in [-0.4, -0.2) is 20.5 Å². The van der Waals surface area contributed by atoms with Gasteiger partial charge < -0.3 is 5.11 Å². The number of carboxylic acids is 1. The summed E-state index contributed by atoms with van der Waals surface area (Å²) in [4.78, 5) is 15.0. The van der Waals surface area contributed by atoms with Crippen LogP contribution in [0.4, 0.5) is 4.39 Å². The van der Waals surface area contributed by atoms with Crippen molar-refractivity contribution in [2.24, 2.45) is 0 Å². The van der Waals surface area contributed by atoms with Gasteiger partial charge in [0.05, 0.1) is 11.7 Å². The second kappa shape index (κ2) is 3.28. The summed E-state index contributed by atoms with van der Waals surface area (Å²) in [6.07, 6.45) is 1.23. The molecule has 1 aromatic carbocycles. The van der Waals surface area contributed by atoms with E-state index in [2.05, 4.69) is 4.98 Å². The number of benzene rings is 1. The number of fused-ring (bicyclic) bond motifs is 3. The standard InChI is InChI=1S/C12H7FN2O2/c13-8-3-1-2-7-4-5-10-14-6-9(12(16)17)15(10)11(7)8/h1-6H,(H,16,17). The molecule has 3 aromatic rings. The molecule has 0 saturated heterocycles. The first-order chi connectivity index (χ1) is 8.18. The highest BCUT2D eigenvalue weighted by molar-refractivity contribution is 5.91. The normalized spacial score (nSPS) is 11.1. The summed E-state index contributed by atoms with van der Waals surface area (Å²) < 4.78 is 15.1. The maximum Gasteiger partial charge on any atom is 0.354 e. The maximum atomic E-state index is 13.8. The predicted molar refractivity (Wildman–Crippen MR) is 59.6 cm³/mol. The highest BCUT2D eigenvalue weighted by atomic mass is 19.1. The number of nitrogens with zero attached hydrogens (tertiary/aromatic N) is 2. The van der Waals surface area contributed by atoms with E-state index in [9.17, 15) is 9.18 Å². The fourth-order valence-corrected chi connectivity index (χ4v) is 1.94. The van der Waals surface area contributed by atoms with Crippen LogP contribution in [0.15, 0.2) is 36.5 Å². The van der Waals surface area contributed by atoms with E-state index in [4.69, 9.17) is 5.11 Å². The average molecular weight is 230 g/mol. The highest BCUT2D eigenvalue weighted by Gasteiger charge is 2.14. The maximum absolute atomic E-state index is 13.8. The molecular formula is C12H7FN2O2. The molecule has 0 aliphatic carbocycles. The topological polar surface area (TPSA) is 54.6 Å². The van der Waals surface area contributed by atoms with Crippen molar-refractivity contribution in [2.45, 2.75) is 0 Å². The lowest BCUT2D eigenvalue weighted by molar-refractivity contribution is 0.0690. The molecule has 0 aliphatic heterocycles. The van der Waals surface area contributed by atoms with Crippen molar-refractivity contribution in [2.75, 3.05) is 0 Å². The summed E-state index contributed by atoms with van der Waals surface area (Å²) in [6.45, 7) is 0. The number of halogens is 1. The van der Waals surface area contributed by atoms with Crippen molar-refractivity contribution < 1.29 is 14.3 Å². The first kappa shape index (κ1) is 9.77. The fraction of sp³-hybridized carbons (Fsp3) is 0. The molecule has 2 aromatic heterocycles. The number of aromatic carboxylic acids is 1. The molecule has 5 heteroatoms. The highest BCUT2D eigenvalue weighted by Crippen LogP contribution is 2.21. The largest absolute Gasteiger partial charge is 0.477 e. The second-order valence-corrected chi connectivity index (χ2v) is 3.65. The van der Waals surface area contributed by atoms with Gasteiger partial charge in [-0.3, -0.25) is 4.40 Å². The minimum Gasteiger partial charge on any atom is -0.477 e. The Bertz CT molecular complexity index is 749. The van der Waals surface area contributed by atoms with E-state index >= 15 is 0 Å². The number of rotatable bonds is 1. The van der Waals surface area contributed by atoms with Crippen LogP contribution in [0.2, 0.25) is 0 Å². The molecule has 0 bridgehead atoms. The Morgan fingerprint density at radius 3 is 2.88 bits per heavy atom. The molecule has 84 valence electrons. The van der Waals surface area contributed by atoms with Crippen molar-refractivity contribution in [1.82, 2.24) is 9.38 Å². The Morgan fingerprint density at radius 1 is 1.29 bits per heavy atom. The zero-order valence-corrected chi connectivity index (χ0v) is 8.59. The zero-order chi connectivity index (χ0) is 12.0. The Balaban J connectivity index is 2.61. The molecule has 0 atom stereocenters. The minimum atomic E-state index is -1.13. The molecule has 0 unspecified atom stereocenters. The van der Waals surface area contributed by atoms with Gasteiger partial charge in [-0.15, -0.1) is 0 Å². The summed E-state index contributed by atoms with van der Waals surface area (Å²) in [5.41, 5.74) is 0.607. The second-order valence-electron chi connectivity index (χ2n) is 3.65. The number of para-hydroxylation sites is 1. The van der Waals surface area contributed by atoms with E-state index in [0.717, 1.165) is 0 Å². The summed E-state index contributed by atoms with van der Waals surface area (Å²) in [5, 5.41) is 9.68. The van der Waals surface area contributed by atoms with Crippen molar-refractivity contribution >= 4 is 22.5 Å². The summed E-state index contributed by atoms with van der Waals surface area (Å²) in [7, 11) is 0. The number of hydrogen-bond acceptors (Lipinski definition) is 2. The van der Waals surface area contributed by atoms with E-state index in [0.29, 0.717) is 11.0 Å². The number of carboxylic acid groups (broad SMARTS) is 1. The molecule has 0 spiro atoms. The first-order valence-electron chi connectivity index (χ1n) is 4.96. The quantitative estimate of drug-likeness (QED) is 0.698. The molecule has 0 radical (unpaired) electrons. The summed E-state index contributed by atoms with van der Waals surface area (Å²) in [6, 6.07) is 7.98. The number of pyridine rings is 1. The van der Waals surface area contributed by atoms with Crippen molar-refractivity contribution in [3.63, 3.8) is 0 Å². The lowest BCUT2D eigenvalue weighted by atomic mass is 10.2. The van der Waals surface area contributed by atoms with E-state index in [-0.39, 0.29) is 11.2 Å². The van der Waals surface area contributed by atoms with Gasteiger partial charge in [-0.1, -0.05) is 12.1 Å². The van der Waals surface area contributed by atoms with Crippen molar-refractivity contribution in [3.8, 4) is 0 Å². The molecule has 0 aliphatic rings. The molecule has 1 N–H and O–H groups in total. The summed E-state index contributed by atoms with van der Waals surface area (Å²) in [5.74, 6) is -1.60. The van der Waals surface area contributed by atoms with Crippen LogP contribution >= 0.6 is 0 Å². The minimum absolute atomic E-state index is 0.0456. The molecule has 0 saturated carbocycles. The van der Waals surface area contributed by atoms with Gasteiger partial charge in [-0.05, 0) is 18.2 Å². The smallest absolute Gasteiger partial charge is 0.354 e. The van der Waals surface area contributed by atoms with Crippen LogP contribution < -0.4 is 0 Å². The third-order valence-corrected chi connectivity index (χ3v) is 2.66. The molecule has 17 heavy (non-hydrogen) atoms. The Kier molecular flexibility index (Phi) is 1.89. The number of hydrogen-bond donors (Lipinski definition) is 1. The van der Waals surface area contributed by atoms with Gasteiger partial charge in [0, 0.05) is 5.39 Å². The van der Waals surface area contributed by atoms with Crippen LogP contribution in [0.5, 0.6) is 0 Å². The van der Waals surface area contributed by atoms with Gasteiger partial charge in [0.25, 0.3) is 0 Å². The van der Waals surface area contributed by atoms with E-state index < -0.39 is 11.8 Å². The molecule has 3 rings (SSSR count). The average Bonchev–Trinajstić information content (AvgIpc) is 2.72. The Labute approximate surface area is 94.9 Å². The van der Waals surface area contributed by atoms with Crippen molar-refractivity contribution in [3.05, 3.63) is 48.0 Å². The van der Waals surface area contributed by atoms with Crippen LogP contribution in [-0.2, 0) is 0 Å². The van der Waals surface area contributed by atoms with Crippen LogP contribution in [0.1, 0.15) is 10.5 Å². The van der Waals surface area contributed by atoms with Gasteiger partial charge in [-0.2, -0.15) is 0 Å². The van der Waals surface area contributed by atoms with E-state index in [1.165, 1.54) is 16.7 Å². The molecular weight excluding hydrogens is 223 g/mol. The molecule has 2 heterocycles. The number of carbonyl (C=O) groups is 1. The van der Waals surface area contributed by atoms with Crippen LogP contribution in [0.25, 0.3) is 16.6 Å². The van der Waals surface area contributed by atoms with E-state index in [1.54, 1.807) is 24.3 Å². The van der Waals surface area contributed by atoms with Gasteiger partial charge in [0.15, 0.2) is 5.69 Å². The van der Waals surface area contributed by atoms with Gasteiger partial charge >= 0.3 is 5.97 Å². The summed E-state index contributed by atoms with van der Waals surface area (Å²) >= 11 is 0. The number of imidazole rings is 1. The zero-order valence-electron chi connectivity index (χ0n) is 8.59. The predicted octanol–water partition coefficient (Wildman–Crippen LogP) is 2.32. The van der Waals surface area contributed by atoms with Crippen LogP contribution in [0.3, 0.4) is 0 Å². The third-order valence-electron chi connectivity index (χ3n) is 2.66. The number of aromatic nitrogens is 2. The van der Waals surface area contributed by atoms with Gasteiger partial charge in [0.1, 0.15) is 11.5 Å². The molecule has 0 fully saturated rings. The molecule has 0 amide bonds. The molecule has 4 nitrogen and oxygen atoms in total.